The lowest BCUT2D eigenvalue weighted by atomic mass is 10.0. The number of rotatable bonds is 3. The van der Waals surface area contributed by atoms with E-state index in [0.29, 0.717) is 0 Å². The van der Waals surface area contributed by atoms with Gasteiger partial charge in [0.05, 0.1) is 0 Å². The summed E-state index contributed by atoms with van der Waals surface area (Å²) in [4.78, 5) is 0. The van der Waals surface area contributed by atoms with Gasteiger partial charge in [-0.3, -0.25) is 0 Å². The van der Waals surface area contributed by atoms with Crippen LogP contribution in [0.5, 0.6) is 0 Å². The molecule has 18 heavy (non-hydrogen) atoms. The van der Waals surface area contributed by atoms with E-state index < -0.39 is 0 Å². The average Bonchev–Trinajstić information content (AvgIpc) is 2.59. The summed E-state index contributed by atoms with van der Waals surface area (Å²) in [5.41, 5.74) is 3.70. The van der Waals surface area contributed by atoms with E-state index in [4.69, 9.17) is 0 Å². The third-order valence-electron chi connectivity index (χ3n) is 3.29. The third kappa shape index (κ3) is 2.70. The van der Waals surface area contributed by atoms with Gasteiger partial charge >= 0.3 is 0 Å². The Morgan fingerprint density at radius 3 is 2.83 bits per heavy atom. The minimum atomic E-state index is 1.02. The van der Waals surface area contributed by atoms with Crippen molar-refractivity contribution in [1.82, 2.24) is 0 Å². The predicted octanol–water partition coefficient (Wildman–Crippen LogP) is 3.58. The van der Waals surface area contributed by atoms with Gasteiger partial charge < -0.3 is 0 Å². The van der Waals surface area contributed by atoms with Crippen molar-refractivity contribution in [2.75, 3.05) is 0 Å². The molecule has 1 aliphatic carbocycles. The van der Waals surface area contributed by atoms with Crippen LogP contribution >= 0.6 is 0 Å². The molecule has 92 valence electrons. The lowest BCUT2D eigenvalue weighted by Crippen LogP contribution is -2.24. The first-order chi connectivity index (χ1) is 8.74. The van der Waals surface area contributed by atoms with Crippen molar-refractivity contribution in [2.24, 2.45) is 0 Å². The number of hydrogen-bond donors (Lipinski definition) is 0. The molecule has 0 nitrogen and oxygen atoms in total. The fraction of sp³-hybridized carbons (Fsp3) is 0.222. The number of hydrogen-bond acceptors (Lipinski definition) is 0. The summed E-state index contributed by atoms with van der Waals surface area (Å²) in [6.07, 6.45) is 13.1. The molecule has 1 aromatic carbocycles. The summed E-state index contributed by atoms with van der Waals surface area (Å²) < 4.78 is 0. The average molecular weight is 236 g/mol. The highest BCUT2D eigenvalue weighted by Crippen LogP contribution is 2.11. The first-order valence-corrected chi connectivity index (χ1v) is 6.57. The molecule has 0 heteroatoms. The topological polar surface area (TPSA) is 0 Å². The second-order valence-electron chi connectivity index (χ2n) is 4.59. The normalized spacial score (nSPS) is 14.2. The van der Waals surface area contributed by atoms with Crippen molar-refractivity contribution in [3.05, 3.63) is 64.6 Å². The Balaban J connectivity index is 2.50. The molecule has 0 atom stereocenters. The van der Waals surface area contributed by atoms with Gasteiger partial charge in [-0.2, -0.15) is 0 Å². The van der Waals surface area contributed by atoms with Crippen molar-refractivity contribution in [3.63, 3.8) is 0 Å². The van der Waals surface area contributed by atoms with E-state index in [0.717, 1.165) is 18.4 Å². The molecule has 0 unspecified atom stereocenters. The van der Waals surface area contributed by atoms with Gasteiger partial charge in [0, 0.05) is 0 Å². The van der Waals surface area contributed by atoms with Gasteiger partial charge in [0.1, 0.15) is 0 Å². The molecule has 0 bridgehead atoms. The molecule has 0 spiro atoms. The summed E-state index contributed by atoms with van der Waals surface area (Å²) >= 11 is 0. The van der Waals surface area contributed by atoms with Crippen LogP contribution in [0.4, 0.5) is 0 Å². The van der Waals surface area contributed by atoms with Crippen molar-refractivity contribution in [3.8, 4) is 0 Å². The van der Waals surface area contributed by atoms with E-state index in [1.165, 1.54) is 21.6 Å². The molecule has 0 N–H and O–H groups in total. The van der Waals surface area contributed by atoms with Crippen LogP contribution in [0.1, 0.15) is 32.3 Å². The number of fused-ring (bicyclic) bond motifs is 1. The number of allylic oxidation sites excluding steroid dienone is 5. The maximum Gasteiger partial charge on any atom is -0.0154 e. The van der Waals surface area contributed by atoms with Gasteiger partial charge in [0.25, 0.3) is 0 Å². The predicted molar refractivity (Wildman–Crippen MR) is 81.5 cm³/mol. The van der Waals surface area contributed by atoms with Crippen LogP contribution in [0.25, 0.3) is 17.7 Å². The third-order valence-corrected chi connectivity index (χ3v) is 3.29. The van der Waals surface area contributed by atoms with Crippen molar-refractivity contribution in [2.45, 2.75) is 26.7 Å². The van der Waals surface area contributed by atoms with E-state index in [2.05, 4.69) is 56.0 Å². The fourth-order valence-electron chi connectivity index (χ4n) is 2.22. The lowest BCUT2D eigenvalue weighted by molar-refractivity contribution is 1.15. The molecule has 0 aliphatic heterocycles. The zero-order valence-electron chi connectivity index (χ0n) is 11.2. The van der Waals surface area contributed by atoms with Gasteiger partial charge in [0.2, 0.25) is 0 Å². The van der Waals surface area contributed by atoms with Gasteiger partial charge in [0.15, 0.2) is 0 Å². The minimum absolute atomic E-state index is 1.02. The van der Waals surface area contributed by atoms with E-state index in [9.17, 15) is 0 Å². The van der Waals surface area contributed by atoms with Gasteiger partial charge in [-0.25, -0.2) is 0 Å². The van der Waals surface area contributed by atoms with Crippen LogP contribution in [0.2, 0.25) is 0 Å². The van der Waals surface area contributed by atoms with Crippen LogP contribution in [-0.4, -0.2) is 0 Å². The van der Waals surface area contributed by atoms with Crippen molar-refractivity contribution in [1.29, 1.82) is 0 Å². The summed E-state index contributed by atoms with van der Waals surface area (Å²) in [5, 5.41) is 2.63. The van der Waals surface area contributed by atoms with Crippen LogP contribution in [0.15, 0.2) is 48.6 Å². The minimum Gasteiger partial charge on any atom is -0.0912 e. The monoisotopic (exact) mass is 236 g/mol. The molecule has 1 aromatic rings. The second-order valence-corrected chi connectivity index (χ2v) is 4.59. The smallest absolute Gasteiger partial charge is 0.0154 e. The molecule has 0 saturated carbocycles. The Bertz CT molecular complexity index is 624. The van der Waals surface area contributed by atoms with Crippen molar-refractivity contribution >= 4 is 17.7 Å². The highest BCUT2D eigenvalue weighted by molar-refractivity contribution is 5.72. The maximum atomic E-state index is 4.09. The highest BCUT2D eigenvalue weighted by Gasteiger charge is 1.98. The fourth-order valence-corrected chi connectivity index (χ4v) is 2.22. The summed E-state index contributed by atoms with van der Waals surface area (Å²) in [6, 6.07) is 6.59. The molecule has 0 aromatic heterocycles. The summed E-state index contributed by atoms with van der Waals surface area (Å²) in [6.45, 7) is 8.32. The standard InChI is InChI=1S/C18H20/c1-4-7-14(3)16-10-11-18-12-15(5-2)8-6-9-17(18)13-16/h4,7-13H,3,5-6H2,1-2H3/b7-4-. The molecule has 0 fully saturated rings. The maximum absolute atomic E-state index is 4.09. The quantitative estimate of drug-likeness (QED) is 0.704. The summed E-state index contributed by atoms with van der Waals surface area (Å²) in [7, 11) is 0. The SMILES string of the molecule is C=C(/C=C\C)c1ccc2c(c1)=CCC=C(CC)C=2. The molecule has 1 aliphatic rings. The summed E-state index contributed by atoms with van der Waals surface area (Å²) in [5.74, 6) is 0. The molecular weight excluding hydrogens is 216 g/mol. The van der Waals surface area contributed by atoms with E-state index in [1.54, 1.807) is 0 Å². The Morgan fingerprint density at radius 2 is 2.11 bits per heavy atom. The van der Waals surface area contributed by atoms with E-state index in [-0.39, 0.29) is 0 Å². The zero-order chi connectivity index (χ0) is 13.0. The molecule has 0 heterocycles. The molecule has 2 rings (SSSR count). The molecule has 0 amide bonds. The highest BCUT2D eigenvalue weighted by atomic mass is 14.0. The second kappa shape index (κ2) is 5.68. The zero-order valence-corrected chi connectivity index (χ0v) is 11.2. The Morgan fingerprint density at radius 1 is 1.28 bits per heavy atom. The van der Waals surface area contributed by atoms with Crippen LogP contribution < -0.4 is 10.4 Å². The van der Waals surface area contributed by atoms with Gasteiger partial charge in [-0.1, -0.05) is 61.6 Å². The number of benzene rings is 1. The van der Waals surface area contributed by atoms with Gasteiger partial charge in [-0.15, -0.1) is 0 Å². The van der Waals surface area contributed by atoms with E-state index in [1.807, 2.05) is 13.0 Å². The Labute approximate surface area is 109 Å². The van der Waals surface area contributed by atoms with E-state index >= 15 is 0 Å². The van der Waals surface area contributed by atoms with Gasteiger partial charge in [-0.05, 0) is 47.4 Å². The molecule has 0 saturated heterocycles. The lowest BCUT2D eigenvalue weighted by Gasteiger charge is -2.01. The first-order valence-electron chi connectivity index (χ1n) is 6.57. The van der Waals surface area contributed by atoms with Crippen LogP contribution in [0, 0.1) is 0 Å². The molecular formula is C18H20. The first kappa shape index (κ1) is 12.6. The van der Waals surface area contributed by atoms with Crippen molar-refractivity contribution < 1.29 is 0 Å². The molecule has 0 radical (unpaired) electrons. The Hall–Kier alpha value is -1.82. The largest absolute Gasteiger partial charge is 0.0912 e. The van der Waals surface area contributed by atoms with Crippen LogP contribution in [0.3, 0.4) is 0 Å². The van der Waals surface area contributed by atoms with Crippen LogP contribution in [-0.2, 0) is 0 Å². The Kier molecular flexibility index (Phi) is 3.99.